The fourth-order valence-corrected chi connectivity index (χ4v) is 4.60. The summed E-state index contributed by atoms with van der Waals surface area (Å²) in [7, 11) is -3.21. The van der Waals surface area contributed by atoms with E-state index in [1.165, 1.54) is 31.6 Å². The Hall–Kier alpha value is -3.53. The summed E-state index contributed by atoms with van der Waals surface area (Å²) in [5.41, 5.74) is 2.38. The number of hydrogen-bond acceptors (Lipinski definition) is 8. The Kier molecular flexibility index (Phi) is 7.83. The number of hydrogen-bond donors (Lipinski definition) is 0. The summed E-state index contributed by atoms with van der Waals surface area (Å²) in [6, 6.07) is 10.3. The molecule has 180 valence electrons. The third kappa shape index (κ3) is 5.33. The number of pyridine rings is 1. The van der Waals surface area contributed by atoms with E-state index in [4.69, 9.17) is 9.47 Å². The number of rotatable bonds is 8. The van der Waals surface area contributed by atoms with Gasteiger partial charge in [-0.25, -0.2) is 23.2 Å². The molecule has 0 spiro atoms. The maximum Gasteiger partial charge on any atom is 0.430 e. The van der Waals surface area contributed by atoms with Gasteiger partial charge in [0.15, 0.2) is 0 Å². The molecule has 2 aromatic heterocycles. The minimum absolute atomic E-state index is 0.00876. The number of aryl methyl sites for hydroxylation is 2. The normalized spacial score (nSPS) is 11.4. The molecule has 34 heavy (non-hydrogen) atoms. The molecule has 2 heterocycles. The molecule has 10 heteroatoms. The Balaban J connectivity index is 2.19. The largest absolute Gasteiger partial charge is 0.478 e. The highest BCUT2D eigenvalue weighted by Crippen LogP contribution is 2.33. The highest BCUT2D eigenvalue weighted by Gasteiger charge is 2.38. The molecule has 0 aliphatic rings. The second-order valence-corrected chi connectivity index (χ2v) is 9.74. The van der Waals surface area contributed by atoms with Crippen LogP contribution in [0.2, 0.25) is 0 Å². The number of amides is 1. The predicted molar refractivity (Wildman–Crippen MR) is 128 cm³/mol. The average Bonchev–Trinajstić information content (AvgIpc) is 2.83. The number of sulfonamides is 1. The first-order chi connectivity index (χ1) is 16.2. The van der Waals surface area contributed by atoms with Crippen molar-refractivity contribution in [2.24, 2.45) is 5.92 Å². The second-order valence-electron chi connectivity index (χ2n) is 7.99. The van der Waals surface area contributed by atoms with E-state index in [1.807, 2.05) is 32.9 Å². The summed E-state index contributed by atoms with van der Waals surface area (Å²) in [6.45, 7) is 7.41. The number of methoxy groups -OCH3 is 1. The summed E-state index contributed by atoms with van der Waals surface area (Å²) in [4.78, 5) is 25.6. The van der Waals surface area contributed by atoms with E-state index in [1.54, 1.807) is 19.1 Å². The standard InChI is InChI=1S/C24H28N4O5S/c1-6-18-9-11-19(12-10-18)21-20(8-7-13-25-21)34(30,31)28(24(29)33-15-16(2)3)22-23(32-5)27-17(4)14-26-22/h7-14,16H,6,15H2,1-5H3. The molecule has 0 radical (unpaired) electrons. The lowest BCUT2D eigenvalue weighted by Gasteiger charge is -2.23. The number of anilines is 1. The van der Waals surface area contributed by atoms with Crippen LogP contribution in [0, 0.1) is 12.8 Å². The van der Waals surface area contributed by atoms with Gasteiger partial charge in [-0.3, -0.25) is 4.98 Å². The number of nitrogens with zero attached hydrogens (tertiary/aromatic N) is 4. The Morgan fingerprint density at radius 1 is 1.12 bits per heavy atom. The molecule has 0 saturated carbocycles. The number of carbonyl (C=O) groups excluding carboxylic acids is 1. The molecule has 1 amide bonds. The highest BCUT2D eigenvalue weighted by atomic mass is 32.2. The molecular weight excluding hydrogens is 456 g/mol. The molecule has 0 saturated heterocycles. The van der Waals surface area contributed by atoms with Crippen LogP contribution in [-0.4, -0.2) is 43.2 Å². The molecular formula is C24H28N4O5S. The van der Waals surface area contributed by atoms with Crippen LogP contribution in [0.3, 0.4) is 0 Å². The molecule has 0 fully saturated rings. The van der Waals surface area contributed by atoms with E-state index in [9.17, 15) is 13.2 Å². The van der Waals surface area contributed by atoms with Crippen LogP contribution in [-0.2, 0) is 21.2 Å². The average molecular weight is 485 g/mol. The monoisotopic (exact) mass is 484 g/mol. The molecule has 0 N–H and O–H groups in total. The Morgan fingerprint density at radius 3 is 2.44 bits per heavy atom. The zero-order chi connectivity index (χ0) is 24.9. The summed E-state index contributed by atoms with van der Waals surface area (Å²) in [6.07, 6.45) is 2.58. The van der Waals surface area contributed by atoms with Crippen LogP contribution in [0.1, 0.15) is 32.0 Å². The molecule has 0 aliphatic carbocycles. The minimum Gasteiger partial charge on any atom is -0.478 e. The van der Waals surface area contributed by atoms with Crippen molar-refractivity contribution in [3.63, 3.8) is 0 Å². The molecule has 0 bridgehead atoms. The lowest BCUT2D eigenvalue weighted by Crippen LogP contribution is -2.39. The van der Waals surface area contributed by atoms with E-state index in [-0.39, 0.29) is 34.8 Å². The minimum atomic E-state index is -4.53. The van der Waals surface area contributed by atoms with E-state index in [2.05, 4.69) is 15.0 Å². The molecule has 1 aromatic carbocycles. The van der Waals surface area contributed by atoms with Crippen LogP contribution >= 0.6 is 0 Å². The van der Waals surface area contributed by atoms with Crippen molar-refractivity contribution in [3.05, 3.63) is 60.0 Å². The first kappa shape index (κ1) is 25.1. The maximum atomic E-state index is 14.0. The van der Waals surface area contributed by atoms with Crippen molar-refractivity contribution in [2.75, 3.05) is 18.0 Å². The molecule has 0 aliphatic heterocycles. The zero-order valence-corrected chi connectivity index (χ0v) is 20.7. The van der Waals surface area contributed by atoms with Crippen molar-refractivity contribution < 1.29 is 22.7 Å². The van der Waals surface area contributed by atoms with E-state index >= 15 is 0 Å². The second kappa shape index (κ2) is 10.6. The van der Waals surface area contributed by atoms with Gasteiger partial charge in [0.1, 0.15) is 4.90 Å². The topological polar surface area (TPSA) is 112 Å². The summed E-state index contributed by atoms with van der Waals surface area (Å²) in [5, 5.41) is 0. The van der Waals surface area contributed by atoms with Crippen LogP contribution in [0.4, 0.5) is 10.6 Å². The van der Waals surface area contributed by atoms with Crippen molar-refractivity contribution in [3.8, 4) is 17.1 Å². The highest BCUT2D eigenvalue weighted by molar-refractivity contribution is 7.93. The Bertz CT molecular complexity index is 1260. The molecule has 0 unspecified atom stereocenters. The van der Waals surface area contributed by atoms with Gasteiger partial charge in [-0.15, -0.1) is 4.31 Å². The molecule has 3 aromatic rings. The summed E-state index contributed by atoms with van der Waals surface area (Å²) < 4.78 is 38.9. The van der Waals surface area contributed by atoms with Gasteiger partial charge in [0.25, 0.3) is 15.9 Å². The van der Waals surface area contributed by atoms with Gasteiger partial charge in [-0.1, -0.05) is 45.0 Å². The van der Waals surface area contributed by atoms with E-state index < -0.39 is 16.1 Å². The Labute approximate surface area is 199 Å². The number of carbonyl (C=O) groups is 1. The van der Waals surface area contributed by atoms with Crippen LogP contribution in [0.5, 0.6) is 5.88 Å². The summed E-state index contributed by atoms with van der Waals surface area (Å²) in [5.74, 6) is -0.425. The summed E-state index contributed by atoms with van der Waals surface area (Å²) >= 11 is 0. The Morgan fingerprint density at radius 2 is 1.82 bits per heavy atom. The lowest BCUT2D eigenvalue weighted by molar-refractivity contribution is 0.143. The van der Waals surface area contributed by atoms with Gasteiger partial charge in [0.2, 0.25) is 5.82 Å². The van der Waals surface area contributed by atoms with Crippen molar-refractivity contribution in [2.45, 2.75) is 39.0 Å². The van der Waals surface area contributed by atoms with E-state index in [0.29, 0.717) is 15.6 Å². The van der Waals surface area contributed by atoms with Gasteiger partial charge >= 0.3 is 6.09 Å². The number of ether oxygens (including phenoxy) is 2. The van der Waals surface area contributed by atoms with Crippen LogP contribution in [0.25, 0.3) is 11.3 Å². The SMILES string of the molecule is CCc1ccc(-c2ncccc2S(=O)(=O)N(C(=O)OCC(C)C)c2ncc(C)nc2OC)cc1. The van der Waals surface area contributed by atoms with Crippen LogP contribution < -0.4 is 9.04 Å². The number of benzene rings is 1. The van der Waals surface area contributed by atoms with Crippen molar-refractivity contribution in [1.82, 2.24) is 15.0 Å². The molecule has 3 rings (SSSR count). The molecule has 0 atom stereocenters. The lowest BCUT2D eigenvalue weighted by atomic mass is 10.1. The van der Waals surface area contributed by atoms with Crippen LogP contribution in [0.15, 0.2) is 53.7 Å². The molecule has 9 nitrogen and oxygen atoms in total. The van der Waals surface area contributed by atoms with Gasteiger partial charge < -0.3 is 9.47 Å². The van der Waals surface area contributed by atoms with Crippen molar-refractivity contribution in [1.29, 1.82) is 0 Å². The van der Waals surface area contributed by atoms with E-state index in [0.717, 1.165) is 12.0 Å². The quantitative estimate of drug-likeness (QED) is 0.462. The van der Waals surface area contributed by atoms with Gasteiger partial charge in [0.05, 0.1) is 31.3 Å². The fourth-order valence-electron chi connectivity index (χ4n) is 3.13. The first-order valence-corrected chi connectivity index (χ1v) is 12.3. The maximum absolute atomic E-state index is 14.0. The predicted octanol–water partition coefficient (Wildman–Crippen LogP) is 4.41. The first-order valence-electron chi connectivity index (χ1n) is 10.8. The fraction of sp³-hybridized carbons (Fsp3) is 0.333. The van der Waals surface area contributed by atoms with Crippen molar-refractivity contribution >= 4 is 21.9 Å². The van der Waals surface area contributed by atoms with Gasteiger partial charge in [-0.05, 0) is 37.0 Å². The zero-order valence-electron chi connectivity index (χ0n) is 19.8. The van der Waals surface area contributed by atoms with Gasteiger partial charge in [-0.2, -0.15) is 0 Å². The third-order valence-corrected chi connectivity index (χ3v) is 6.55. The smallest absolute Gasteiger partial charge is 0.430 e. The third-order valence-electron chi connectivity index (χ3n) is 4.86. The number of aromatic nitrogens is 3. The van der Waals surface area contributed by atoms with Gasteiger partial charge in [0, 0.05) is 11.8 Å².